The van der Waals surface area contributed by atoms with Gasteiger partial charge in [0.15, 0.2) is 0 Å². The van der Waals surface area contributed by atoms with E-state index in [1.54, 1.807) is 0 Å². The van der Waals surface area contributed by atoms with Gasteiger partial charge in [-0.1, -0.05) is 24.3 Å². The highest BCUT2D eigenvalue weighted by atomic mass is 35.9. The summed E-state index contributed by atoms with van der Waals surface area (Å²) in [7, 11) is 0. The van der Waals surface area contributed by atoms with Gasteiger partial charge >= 0.3 is 0 Å². The molecule has 1 atom stereocenters. The highest BCUT2D eigenvalue weighted by Crippen LogP contribution is 2.57. The van der Waals surface area contributed by atoms with Crippen molar-refractivity contribution in [3.05, 3.63) is 35.4 Å². The minimum absolute atomic E-state index is 0.145. The van der Waals surface area contributed by atoms with Crippen molar-refractivity contribution in [1.82, 2.24) is 0 Å². The molecule has 0 saturated carbocycles. The first-order valence-electron chi connectivity index (χ1n) is 4.55. The van der Waals surface area contributed by atoms with E-state index in [9.17, 15) is 4.57 Å². The Morgan fingerprint density at radius 1 is 1.33 bits per heavy atom. The molecule has 0 N–H and O–H groups in total. The van der Waals surface area contributed by atoms with Crippen LogP contribution in [0.5, 0.6) is 0 Å². The Hall–Kier alpha value is 0.320. The minimum atomic E-state index is -3.06. The van der Waals surface area contributed by atoms with Crippen LogP contribution in [0, 0.1) is 6.92 Å². The molecule has 0 bridgehead atoms. The molecule has 1 rings (SSSR count). The van der Waals surface area contributed by atoms with Crippen molar-refractivity contribution in [1.29, 1.82) is 0 Å². The lowest BCUT2D eigenvalue weighted by Gasteiger charge is -2.11. The first kappa shape index (κ1) is 13.4. The molecule has 15 heavy (non-hydrogen) atoms. The smallest absolute Gasteiger partial charge is 0.254 e. The van der Waals surface area contributed by atoms with Crippen LogP contribution in [0.1, 0.15) is 11.1 Å². The number of halogens is 3. The predicted molar refractivity (Wildman–Crippen MR) is 68.7 cm³/mol. The molecule has 0 aliphatic heterocycles. The fourth-order valence-corrected chi connectivity index (χ4v) is 4.14. The van der Waals surface area contributed by atoms with E-state index in [2.05, 4.69) is 0 Å². The van der Waals surface area contributed by atoms with Crippen molar-refractivity contribution < 1.29 is 4.57 Å². The van der Waals surface area contributed by atoms with Crippen LogP contribution in [-0.4, -0.2) is 11.5 Å². The molecule has 5 heteroatoms. The fraction of sp³-hybridized carbons (Fsp3) is 0.400. The highest BCUT2D eigenvalue weighted by Gasteiger charge is 2.20. The predicted octanol–water partition coefficient (Wildman–Crippen LogP) is 4.82. The monoisotopic (exact) mass is 284 g/mol. The molecule has 1 aromatic carbocycles. The Morgan fingerprint density at radius 2 is 1.93 bits per heavy atom. The Balaban J connectivity index is 2.63. The molecule has 0 fully saturated rings. The Kier molecular flexibility index (Phi) is 4.99. The van der Waals surface area contributed by atoms with E-state index in [0.717, 1.165) is 5.56 Å². The Morgan fingerprint density at radius 3 is 2.47 bits per heavy atom. The number of alkyl halides is 1. The van der Waals surface area contributed by atoms with Gasteiger partial charge in [0, 0.05) is 11.5 Å². The van der Waals surface area contributed by atoms with Crippen LogP contribution in [0.15, 0.2) is 24.3 Å². The second kappa shape index (κ2) is 5.59. The van der Waals surface area contributed by atoms with Crippen molar-refractivity contribution in [2.45, 2.75) is 18.7 Å². The largest absolute Gasteiger partial charge is 0.289 e. The summed E-state index contributed by atoms with van der Waals surface area (Å²) in [5.74, 6) is -3.06. The summed E-state index contributed by atoms with van der Waals surface area (Å²) in [6, 6.07) is 7.93. The summed E-state index contributed by atoms with van der Waals surface area (Å²) >= 11 is 17.0. The van der Waals surface area contributed by atoms with Gasteiger partial charge in [-0.2, -0.15) is 0 Å². The average molecular weight is 286 g/mol. The van der Waals surface area contributed by atoms with Crippen LogP contribution in [-0.2, 0) is 11.0 Å². The van der Waals surface area contributed by atoms with E-state index in [0.29, 0.717) is 6.42 Å². The van der Waals surface area contributed by atoms with E-state index in [1.165, 1.54) is 5.56 Å². The molecule has 0 aliphatic rings. The number of hydrogen-bond acceptors (Lipinski definition) is 1. The quantitative estimate of drug-likeness (QED) is 0.573. The van der Waals surface area contributed by atoms with Crippen molar-refractivity contribution in [3.8, 4) is 0 Å². The van der Waals surface area contributed by atoms with Crippen LogP contribution >= 0.6 is 39.9 Å². The number of benzene rings is 1. The molecule has 0 aromatic heterocycles. The fourth-order valence-electron chi connectivity index (χ4n) is 1.37. The summed E-state index contributed by atoms with van der Waals surface area (Å²) < 4.78 is 11.1. The number of aryl methyl sites for hydroxylation is 1. The van der Waals surface area contributed by atoms with E-state index in [1.807, 2.05) is 31.2 Å². The van der Waals surface area contributed by atoms with E-state index < -0.39 is 5.85 Å². The molecule has 1 unspecified atom stereocenters. The lowest BCUT2D eigenvalue weighted by atomic mass is 10.0. The molecule has 0 aliphatic carbocycles. The molecule has 1 nitrogen and oxygen atoms in total. The van der Waals surface area contributed by atoms with Crippen LogP contribution in [0.2, 0.25) is 0 Å². The summed E-state index contributed by atoms with van der Waals surface area (Å²) in [4.78, 5) is 0. The number of hydrogen-bond donors (Lipinski definition) is 0. The normalized spacial score (nSPS) is 13.9. The van der Waals surface area contributed by atoms with Crippen LogP contribution in [0.3, 0.4) is 0 Å². The Labute approximate surface area is 105 Å². The molecular formula is C10H12Cl3OP. The SMILES string of the molecule is Cc1ccccc1CC(Cl)CP(=O)(Cl)Cl. The molecule has 0 saturated heterocycles. The van der Waals surface area contributed by atoms with Gasteiger partial charge in [0.2, 0.25) is 0 Å². The summed E-state index contributed by atoms with van der Waals surface area (Å²) in [6.07, 6.45) is 0.781. The van der Waals surface area contributed by atoms with Gasteiger partial charge in [-0.3, -0.25) is 4.57 Å². The third-order valence-electron chi connectivity index (χ3n) is 2.11. The zero-order chi connectivity index (χ0) is 11.5. The van der Waals surface area contributed by atoms with Crippen LogP contribution < -0.4 is 0 Å². The highest BCUT2D eigenvalue weighted by molar-refractivity contribution is 8.08. The molecule has 0 heterocycles. The third kappa shape index (κ3) is 5.26. The van der Waals surface area contributed by atoms with E-state index in [4.69, 9.17) is 34.1 Å². The van der Waals surface area contributed by atoms with Crippen molar-refractivity contribution >= 4 is 39.9 Å². The first-order valence-corrected chi connectivity index (χ1v) is 8.69. The van der Waals surface area contributed by atoms with E-state index >= 15 is 0 Å². The van der Waals surface area contributed by atoms with Gasteiger partial charge in [0.25, 0.3) is 5.85 Å². The van der Waals surface area contributed by atoms with E-state index in [-0.39, 0.29) is 11.5 Å². The van der Waals surface area contributed by atoms with Crippen LogP contribution in [0.4, 0.5) is 0 Å². The summed E-state index contributed by atoms with van der Waals surface area (Å²) in [5, 5.41) is -0.285. The molecule has 0 spiro atoms. The Bertz CT molecular complexity index is 375. The van der Waals surface area contributed by atoms with Crippen molar-refractivity contribution in [2.75, 3.05) is 6.16 Å². The third-order valence-corrected chi connectivity index (χ3v) is 4.33. The zero-order valence-electron chi connectivity index (χ0n) is 8.29. The number of rotatable bonds is 4. The summed E-state index contributed by atoms with van der Waals surface area (Å²) in [5.41, 5.74) is 2.31. The zero-order valence-corrected chi connectivity index (χ0v) is 11.5. The maximum absolute atomic E-state index is 11.1. The lowest BCUT2D eigenvalue weighted by Crippen LogP contribution is -2.08. The van der Waals surface area contributed by atoms with Gasteiger partial charge in [0.05, 0.1) is 0 Å². The standard InChI is InChI=1S/C10H12Cl3OP/c1-8-4-2-3-5-9(8)6-10(11)7-15(12,13)14/h2-5,10H,6-7H2,1H3. The lowest BCUT2D eigenvalue weighted by molar-refractivity contribution is 0.591. The van der Waals surface area contributed by atoms with Crippen molar-refractivity contribution in [3.63, 3.8) is 0 Å². The summed E-state index contributed by atoms with van der Waals surface area (Å²) in [6.45, 7) is 2.01. The minimum Gasteiger partial charge on any atom is -0.289 e. The molecule has 0 amide bonds. The van der Waals surface area contributed by atoms with Gasteiger partial charge < -0.3 is 0 Å². The molecule has 84 valence electrons. The van der Waals surface area contributed by atoms with Gasteiger partial charge in [-0.25, -0.2) is 0 Å². The topological polar surface area (TPSA) is 17.1 Å². The maximum Gasteiger partial charge on any atom is 0.254 e. The van der Waals surface area contributed by atoms with Gasteiger partial charge in [-0.15, -0.1) is 11.6 Å². The molecule has 1 aromatic rings. The van der Waals surface area contributed by atoms with Crippen LogP contribution in [0.25, 0.3) is 0 Å². The second-order valence-electron chi connectivity index (χ2n) is 3.48. The second-order valence-corrected chi connectivity index (χ2v) is 9.40. The first-order chi connectivity index (χ1) is 6.88. The molecular weight excluding hydrogens is 273 g/mol. The van der Waals surface area contributed by atoms with Gasteiger partial charge in [-0.05, 0) is 47.0 Å². The molecule has 0 radical (unpaired) electrons. The average Bonchev–Trinajstić information content (AvgIpc) is 2.05. The maximum atomic E-state index is 11.1. The van der Waals surface area contributed by atoms with Gasteiger partial charge in [0.1, 0.15) is 0 Å². The van der Waals surface area contributed by atoms with Crippen molar-refractivity contribution in [2.24, 2.45) is 0 Å².